The predicted octanol–water partition coefficient (Wildman–Crippen LogP) is 5.29. The van der Waals surface area contributed by atoms with Crippen LogP contribution in [0.25, 0.3) is 37.8 Å². The average molecular weight is 394 g/mol. The molecule has 4 heterocycles. The number of aromatic nitrogens is 4. The molecule has 8 heteroatoms. The van der Waals surface area contributed by atoms with Gasteiger partial charge in [-0.05, 0) is 18.9 Å². The van der Waals surface area contributed by atoms with E-state index >= 15 is 0 Å². The van der Waals surface area contributed by atoms with E-state index in [1.807, 2.05) is 12.1 Å². The minimum Gasteiger partial charge on any atom is -0.464 e. The van der Waals surface area contributed by atoms with Gasteiger partial charge in [0.25, 0.3) is 0 Å². The number of fused-ring (bicyclic) bond motifs is 1. The second-order valence-corrected chi connectivity index (χ2v) is 6.76. The lowest BCUT2D eigenvalue weighted by atomic mass is 10.1. The predicted molar refractivity (Wildman–Crippen MR) is 109 cm³/mol. The molecule has 0 saturated heterocycles. The molecular weight excluding hydrogens is 382 g/mol. The van der Waals surface area contributed by atoms with E-state index < -0.39 is 0 Å². The highest BCUT2D eigenvalue weighted by Gasteiger charge is 2.19. The number of furan rings is 1. The minimum atomic E-state index is 0.354. The monoisotopic (exact) mass is 393 g/mol. The lowest BCUT2D eigenvalue weighted by molar-refractivity contribution is 0.615. The van der Waals surface area contributed by atoms with Crippen molar-refractivity contribution in [3.63, 3.8) is 0 Å². The first kappa shape index (κ1) is 17.3. The van der Waals surface area contributed by atoms with Crippen LogP contribution in [-0.4, -0.2) is 26.7 Å². The summed E-state index contributed by atoms with van der Waals surface area (Å²) in [5.74, 6) is 0. The zero-order valence-corrected chi connectivity index (χ0v) is 15.5. The molecular formula is C19H12ClN5OS. The Kier molecular flexibility index (Phi) is 4.62. The fraction of sp³-hybridized carbons (Fsp3) is 0. The Morgan fingerprint density at radius 3 is 2.81 bits per heavy atom. The van der Waals surface area contributed by atoms with Crippen molar-refractivity contribution in [2.45, 2.75) is 0 Å². The standard InChI is InChI=1S/C19H12ClN5OS/c1-3-4-13(21-2)14-7-15-12(5-6-26-15)16(24-14)17-18(20)25-19(27-17)11-8-22-10-23-9-11/h3-10H,1-2H2/b13-4-. The Morgan fingerprint density at radius 1 is 1.26 bits per heavy atom. The molecule has 27 heavy (non-hydrogen) atoms. The van der Waals surface area contributed by atoms with Crippen molar-refractivity contribution in [3.05, 3.63) is 66.7 Å². The van der Waals surface area contributed by atoms with Gasteiger partial charge in [0.2, 0.25) is 0 Å². The second kappa shape index (κ2) is 7.22. The lowest BCUT2D eigenvalue weighted by Crippen LogP contribution is -1.91. The first-order valence-corrected chi connectivity index (χ1v) is 9.01. The Labute approximate surface area is 163 Å². The molecule has 0 N–H and O–H groups in total. The molecule has 6 nitrogen and oxygen atoms in total. The number of allylic oxidation sites excluding steroid dienone is 2. The van der Waals surface area contributed by atoms with E-state index in [0.29, 0.717) is 32.8 Å². The number of rotatable bonds is 5. The number of nitrogens with zero attached hydrogens (tertiary/aromatic N) is 5. The van der Waals surface area contributed by atoms with Crippen LogP contribution in [0.4, 0.5) is 0 Å². The molecule has 0 spiro atoms. The van der Waals surface area contributed by atoms with Gasteiger partial charge in [-0.3, -0.25) is 4.99 Å². The van der Waals surface area contributed by atoms with Gasteiger partial charge < -0.3 is 4.42 Å². The van der Waals surface area contributed by atoms with Gasteiger partial charge in [-0.15, -0.1) is 11.3 Å². The largest absolute Gasteiger partial charge is 0.464 e. The minimum absolute atomic E-state index is 0.354. The van der Waals surface area contributed by atoms with Crippen molar-refractivity contribution >= 4 is 46.3 Å². The van der Waals surface area contributed by atoms with Crippen molar-refractivity contribution in [2.24, 2.45) is 4.99 Å². The molecule has 0 aliphatic carbocycles. The number of aliphatic imine (C=N–C) groups is 1. The molecule has 0 atom stereocenters. The van der Waals surface area contributed by atoms with Crippen LogP contribution in [0.3, 0.4) is 0 Å². The second-order valence-electron chi connectivity index (χ2n) is 5.40. The van der Waals surface area contributed by atoms with Crippen molar-refractivity contribution in [2.75, 3.05) is 0 Å². The third-order valence-corrected chi connectivity index (χ3v) is 5.26. The maximum Gasteiger partial charge on any atom is 0.150 e. The maximum atomic E-state index is 6.45. The molecule has 0 bridgehead atoms. The van der Waals surface area contributed by atoms with Gasteiger partial charge in [-0.25, -0.2) is 19.9 Å². The molecule has 4 rings (SSSR count). The summed E-state index contributed by atoms with van der Waals surface area (Å²) in [4.78, 5) is 22.0. The van der Waals surface area contributed by atoms with E-state index in [-0.39, 0.29) is 0 Å². The van der Waals surface area contributed by atoms with Gasteiger partial charge in [-0.2, -0.15) is 0 Å². The molecule has 0 aliphatic rings. The average Bonchev–Trinajstić information content (AvgIpc) is 3.32. The van der Waals surface area contributed by atoms with Gasteiger partial charge in [0, 0.05) is 29.4 Å². The molecule has 0 unspecified atom stereocenters. The number of thiazole rings is 1. The van der Waals surface area contributed by atoms with E-state index in [4.69, 9.17) is 21.0 Å². The smallest absolute Gasteiger partial charge is 0.150 e. The Hall–Kier alpha value is -3.16. The van der Waals surface area contributed by atoms with Crippen molar-refractivity contribution in [3.8, 4) is 21.1 Å². The van der Waals surface area contributed by atoms with Crippen LogP contribution < -0.4 is 0 Å². The first-order chi connectivity index (χ1) is 13.2. The summed E-state index contributed by atoms with van der Waals surface area (Å²) in [7, 11) is 0. The topological polar surface area (TPSA) is 77.1 Å². The van der Waals surface area contributed by atoms with Crippen LogP contribution in [0.5, 0.6) is 0 Å². The molecule has 0 saturated carbocycles. The quantitative estimate of drug-likeness (QED) is 0.340. The normalized spacial score (nSPS) is 11.7. The Bertz CT molecular complexity index is 1180. The highest BCUT2D eigenvalue weighted by atomic mass is 35.5. The number of hydrogen-bond donors (Lipinski definition) is 0. The van der Waals surface area contributed by atoms with Crippen molar-refractivity contribution < 1.29 is 4.42 Å². The molecule has 0 fully saturated rings. The zero-order valence-electron chi connectivity index (χ0n) is 14.0. The third kappa shape index (κ3) is 3.18. The number of hydrogen-bond acceptors (Lipinski definition) is 7. The van der Waals surface area contributed by atoms with Crippen LogP contribution in [0.15, 0.2) is 65.3 Å². The van der Waals surface area contributed by atoms with Gasteiger partial charge in [0.15, 0.2) is 0 Å². The van der Waals surface area contributed by atoms with E-state index in [2.05, 4.69) is 33.2 Å². The molecule has 4 aromatic heterocycles. The summed E-state index contributed by atoms with van der Waals surface area (Å²) in [6.07, 6.45) is 9.82. The summed E-state index contributed by atoms with van der Waals surface area (Å²) in [6.45, 7) is 7.30. The zero-order chi connectivity index (χ0) is 18.8. The molecule has 0 amide bonds. The van der Waals surface area contributed by atoms with Gasteiger partial charge in [0.1, 0.15) is 22.1 Å². The van der Waals surface area contributed by atoms with Gasteiger partial charge in [-0.1, -0.05) is 24.3 Å². The van der Waals surface area contributed by atoms with Gasteiger partial charge >= 0.3 is 0 Å². The maximum absolute atomic E-state index is 6.45. The van der Waals surface area contributed by atoms with E-state index in [1.165, 1.54) is 17.7 Å². The number of pyridine rings is 1. The van der Waals surface area contributed by atoms with Crippen LogP contribution in [0.1, 0.15) is 5.69 Å². The van der Waals surface area contributed by atoms with E-state index in [0.717, 1.165) is 15.8 Å². The summed E-state index contributed by atoms with van der Waals surface area (Å²) in [5, 5.41) is 1.90. The molecule has 0 radical (unpaired) electrons. The molecule has 4 aromatic rings. The summed E-state index contributed by atoms with van der Waals surface area (Å²) in [5.41, 5.74) is 3.32. The Balaban J connectivity index is 1.93. The van der Waals surface area contributed by atoms with Crippen LogP contribution in [-0.2, 0) is 0 Å². The van der Waals surface area contributed by atoms with Crippen LogP contribution >= 0.6 is 22.9 Å². The molecule has 0 aromatic carbocycles. The van der Waals surface area contributed by atoms with Crippen LogP contribution in [0.2, 0.25) is 5.15 Å². The van der Waals surface area contributed by atoms with E-state index in [1.54, 1.807) is 30.8 Å². The molecule has 132 valence electrons. The Morgan fingerprint density at radius 2 is 2.07 bits per heavy atom. The fourth-order valence-corrected chi connectivity index (χ4v) is 3.86. The SMILES string of the molecule is C=C/C=C(\N=C)c1cc2occc2c(-c2sc(-c3cncnc3)nc2Cl)n1. The number of halogens is 1. The fourth-order valence-electron chi connectivity index (χ4n) is 2.58. The highest BCUT2D eigenvalue weighted by Crippen LogP contribution is 2.40. The lowest BCUT2D eigenvalue weighted by Gasteiger charge is -2.05. The first-order valence-electron chi connectivity index (χ1n) is 7.81. The summed E-state index contributed by atoms with van der Waals surface area (Å²) >= 11 is 7.86. The third-order valence-electron chi connectivity index (χ3n) is 3.77. The molecule has 0 aliphatic heterocycles. The summed E-state index contributed by atoms with van der Waals surface area (Å²) < 4.78 is 5.59. The van der Waals surface area contributed by atoms with Crippen molar-refractivity contribution in [1.29, 1.82) is 0 Å². The van der Waals surface area contributed by atoms with E-state index in [9.17, 15) is 0 Å². The summed E-state index contributed by atoms with van der Waals surface area (Å²) in [6, 6.07) is 3.66. The van der Waals surface area contributed by atoms with Gasteiger partial charge in [0.05, 0.1) is 28.2 Å². The van der Waals surface area contributed by atoms with Crippen LogP contribution in [0, 0.1) is 0 Å². The highest BCUT2D eigenvalue weighted by molar-refractivity contribution is 7.19. The van der Waals surface area contributed by atoms with Crippen molar-refractivity contribution in [1.82, 2.24) is 19.9 Å².